The van der Waals surface area contributed by atoms with Crippen LogP contribution in [0.3, 0.4) is 0 Å². The number of nitrogens with zero attached hydrogens (tertiary/aromatic N) is 4. The van der Waals surface area contributed by atoms with E-state index in [9.17, 15) is 4.79 Å². The van der Waals surface area contributed by atoms with E-state index >= 15 is 0 Å². The Morgan fingerprint density at radius 1 is 1.06 bits per heavy atom. The minimum Gasteiger partial charge on any atom is -0.493 e. The first-order valence-corrected chi connectivity index (χ1v) is 12.3. The van der Waals surface area contributed by atoms with Gasteiger partial charge in [0.1, 0.15) is 11.5 Å². The number of carbonyl (C=O) groups is 1. The highest BCUT2D eigenvalue weighted by atomic mass is 32.1. The molecular weight excluding hydrogens is 468 g/mol. The fraction of sp³-hybridized carbons (Fsp3) is 0.400. The summed E-state index contributed by atoms with van der Waals surface area (Å²) in [6.45, 7) is 5.39. The molecule has 0 unspecified atom stereocenters. The van der Waals surface area contributed by atoms with Crippen molar-refractivity contribution in [2.45, 2.75) is 13.1 Å². The van der Waals surface area contributed by atoms with E-state index < -0.39 is 0 Å². The fourth-order valence-corrected chi connectivity index (χ4v) is 4.46. The first kappa shape index (κ1) is 24.9. The molecule has 9 nitrogen and oxygen atoms in total. The largest absolute Gasteiger partial charge is 0.493 e. The number of benzene rings is 1. The molecule has 3 heterocycles. The highest BCUT2D eigenvalue weighted by Crippen LogP contribution is 2.39. The molecule has 0 saturated carbocycles. The summed E-state index contributed by atoms with van der Waals surface area (Å²) in [6.07, 6.45) is 5.04. The highest BCUT2D eigenvalue weighted by molar-refractivity contribution is 7.11. The van der Waals surface area contributed by atoms with Gasteiger partial charge in [-0.25, -0.2) is 0 Å². The van der Waals surface area contributed by atoms with Gasteiger partial charge in [-0.15, -0.1) is 11.3 Å². The summed E-state index contributed by atoms with van der Waals surface area (Å²) in [4.78, 5) is 26.1. The molecule has 1 aromatic carbocycles. The van der Waals surface area contributed by atoms with Crippen LogP contribution in [0.5, 0.6) is 17.2 Å². The van der Waals surface area contributed by atoms with Crippen molar-refractivity contribution in [1.82, 2.24) is 19.8 Å². The van der Waals surface area contributed by atoms with Gasteiger partial charge in [0.25, 0.3) is 5.91 Å². The van der Waals surface area contributed by atoms with Gasteiger partial charge in [-0.2, -0.15) is 0 Å². The monoisotopic (exact) mass is 498 g/mol. The zero-order valence-electron chi connectivity index (χ0n) is 20.0. The molecule has 1 aliphatic rings. The molecule has 35 heavy (non-hydrogen) atoms. The lowest BCUT2D eigenvalue weighted by atomic mass is 10.1. The molecule has 0 bridgehead atoms. The number of methoxy groups -OCH3 is 2. The lowest BCUT2D eigenvalue weighted by molar-refractivity contribution is 0.0319. The van der Waals surface area contributed by atoms with Gasteiger partial charge in [0.05, 0.1) is 39.1 Å². The van der Waals surface area contributed by atoms with Gasteiger partial charge in [0.2, 0.25) is 5.75 Å². The third kappa shape index (κ3) is 6.68. The zero-order valence-corrected chi connectivity index (χ0v) is 20.8. The number of carbonyl (C=O) groups excluding carboxylic acids is 1. The molecule has 186 valence electrons. The minimum absolute atomic E-state index is 0.0897. The molecular formula is C25H30N4O5S. The number of morpholine rings is 1. The lowest BCUT2D eigenvalue weighted by Crippen LogP contribution is -2.38. The summed E-state index contributed by atoms with van der Waals surface area (Å²) in [7, 11) is 3.20. The van der Waals surface area contributed by atoms with Crippen LogP contribution in [-0.4, -0.2) is 79.3 Å². The predicted octanol–water partition coefficient (Wildman–Crippen LogP) is 3.11. The van der Waals surface area contributed by atoms with Gasteiger partial charge in [0, 0.05) is 45.1 Å². The van der Waals surface area contributed by atoms with Gasteiger partial charge < -0.3 is 23.8 Å². The van der Waals surface area contributed by atoms with E-state index in [1.54, 1.807) is 43.2 Å². The van der Waals surface area contributed by atoms with Crippen molar-refractivity contribution < 1.29 is 23.7 Å². The Labute approximate surface area is 209 Å². The number of thiazole rings is 1. The molecule has 0 atom stereocenters. The van der Waals surface area contributed by atoms with Crippen LogP contribution >= 0.6 is 11.3 Å². The lowest BCUT2D eigenvalue weighted by Gasteiger charge is -2.27. The molecule has 0 spiro atoms. The van der Waals surface area contributed by atoms with Crippen LogP contribution in [0.15, 0.2) is 48.4 Å². The summed E-state index contributed by atoms with van der Waals surface area (Å²) in [5.74, 6) is 1.60. The first-order chi connectivity index (χ1) is 17.2. The molecule has 10 heteroatoms. The number of ether oxygens (including phenoxy) is 4. The quantitative estimate of drug-likeness (QED) is 0.399. The van der Waals surface area contributed by atoms with E-state index in [4.69, 9.17) is 18.9 Å². The SMILES string of the molecule is COc1cc(CN(Cc2ccncc2)C(=O)c2cncs2)cc(OC)c1OCCN1CCOCC1. The fourth-order valence-electron chi connectivity index (χ4n) is 3.88. The number of amides is 1. The third-order valence-corrected chi connectivity index (χ3v) is 6.47. The first-order valence-electron chi connectivity index (χ1n) is 11.4. The van der Waals surface area contributed by atoms with E-state index in [1.165, 1.54) is 11.3 Å². The standard InChI is InChI=1S/C25H30N4O5S/c1-31-21-13-20(14-22(32-2)24(21)34-12-9-28-7-10-33-11-8-28)17-29(16-19-3-5-26-6-4-19)25(30)23-15-27-18-35-23/h3-6,13-15,18H,7-12,16-17H2,1-2H3. The number of hydrogen-bond donors (Lipinski definition) is 0. The Balaban J connectivity index is 1.52. The number of hydrogen-bond acceptors (Lipinski definition) is 9. The zero-order chi connectivity index (χ0) is 24.5. The van der Waals surface area contributed by atoms with Crippen molar-refractivity contribution >= 4 is 17.2 Å². The number of rotatable bonds is 11. The molecule has 4 rings (SSSR count). The van der Waals surface area contributed by atoms with E-state index in [2.05, 4.69) is 14.9 Å². The second-order valence-electron chi connectivity index (χ2n) is 8.01. The Hall–Kier alpha value is -3.21. The van der Waals surface area contributed by atoms with Crippen LogP contribution in [0.2, 0.25) is 0 Å². The van der Waals surface area contributed by atoms with Crippen LogP contribution in [0.25, 0.3) is 0 Å². The molecule has 2 aromatic heterocycles. The predicted molar refractivity (Wildman–Crippen MR) is 132 cm³/mol. The molecule has 1 amide bonds. The van der Waals surface area contributed by atoms with Crippen molar-refractivity contribution in [3.63, 3.8) is 0 Å². The maximum absolute atomic E-state index is 13.3. The van der Waals surface area contributed by atoms with Gasteiger partial charge in [0.15, 0.2) is 11.5 Å². The smallest absolute Gasteiger partial charge is 0.266 e. The molecule has 0 radical (unpaired) electrons. The average molecular weight is 499 g/mol. The minimum atomic E-state index is -0.0897. The van der Waals surface area contributed by atoms with Crippen LogP contribution in [0.4, 0.5) is 0 Å². The summed E-state index contributed by atoms with van der Waals surface area (Å²) in [5, 5.41) is 0. The summed E-state index contributed by atoms with van der Waals surface area (Å²) in [5.41, 5.74) is 3.51. The highest BCUT2D eigenvalue weighted by Gasteiger charge is 2.21. The molecule has 0 aliphatic carbocycles. The number of aromatic nitrogens is 2. The van der Waals surface area contributed by atoms with Crippen molar-refractivity contribution in [3.8, 4) is 17.2 Å². The molecule has 3 aromatic rings. The maximum atomic E-state index is 13.3. The molecule has 0 N–H and O–H groups in total. The van der Waals surface area contributed by atoms with Crippen LogP contribution in [-0.2, 0) is 17.8 Å². The third-order valence-electron chi connectivity index (χ3n) is 5.70. The molecule has 1 saturated heterocycles. The Morgan fingerprint density at radius 3 is 2.37 bits per heavy atom. The topological polar surface area (TPSA) is 86.2 Å². The normalized spacial score (nSPS) is 13.9. The summed E-state index contributed by atoms with van der Waals surface area (Å²) >= 11 is 1.32. The van der Waals surface area contributed by atoms with Gasteiger partial charge in [-0.05, 0) is 35.4 Å². The van der Waals surface area contributed by atoms with Crippen molar-refractivity contribution in [2.75, 3.05) is 53.7 Å². The van der Waals surface area contributed by atoms with Gasteiger partial charge >= 0.3 is 0 Å². The average Bonchev–Trinajstić information content (AvgIpc) is 3.44. The van der Waals surface area contributed by atoms with E-state index in [0.717, 1.165) is 44.0 Å². The van der Waals surface area contributed by atoms with Gasteiger partial charge in [-0.3, -0.25) is 19.7 Å². The maximum Gasteiger partial charge on any atom is 0.266 e. The summed E-state index contributed by atoms with van der Waals surface area (Å²) in [6, 6.07) is 7.59. The summed E-state index contributed by atoms with van der Waals surface area (Å²) < 4.78 is 22.8. The second-order valence-corrected chi connectivity index (χ2v) is 8.90. The molecule has 1 fully saturated rings. The molecule has 1 aliphatic heterocycles. The van der Waals surface area contributed by atoms with Crippen LogP contribution < -0.4 is 14.2 Å². The van der Waals surface area contributed by atoms with Crippen molar-refractivity contribution in [3.05, 3.63) is 64.4 Å². The van der Waals surface area contributed by atoms with Gasteiger partial charge in [-0.1, -0.05) is 0 Å². The van der Waals surface area contributed by atoms with Crippen LogP contribution in [0.1, 0.15) is 20.8 Å². The van der Waals surface area contributed by atoms with E-state index in [1.807, 2.05) is 24.3 Å². The second kappa shape index (κ2) is 12.5. The van der Waals surface area contributed by atoms with E-state index in [0.29, 0.717) is 41.8 Å². The number of pyridine rings is 1. The Bertz CT molecular complexity index is 1050. The Morgan fingerprint density at radius 2 is 1.74 bits per heavy atom. The Kier molecular flexibility index (Phi) is 8.88. The van der Waals surface area contributed by atoms with Crippen LogP contribution in [0, 0.1) is 0 Å². The van der Waals surface area contributed by atoms with Crippen molar-refractivity contribution in [2.24, 2.45) is 0 Å². The van der Waals surface area contributed by atoms with E-state index in [-0.39, 0.29) is 5.91 Å². The van der Waals surface area contributed by atoms with Crippen molar-refractivity contribution in [1.29, 1.82) is 0 Å².